The van der Waals surface area contributed by atoms with Crippen LogP contribution in [0.3, 0.4) is 0 Å². The van der Waals surface area contributed by atoms with Gasteiger partial charge in [0.15, 0.2) is 5.60 Å². The first-order valence-electron chi connectivity index (χ1n) is 5.65. The van der Waals surface area contributed by atoms with Crippen molar-refractivity contribution in [1.82, 2.24) is 19.8 Å². The largest absolute Gasteiger partial charge is 0.479 e. The van der Waals surface area contributed by atoms with Crippen LogP contribution in [0.25, 0.3) is 0 Å². The first-order chi connectivity index (χ1) is 8.74. The molecule has 0 aliphatic heterocycles. The number of carbonyl (C=O) groups excluding carboxylic acids is 1. The molecule has 0 aromatic carbocycles. The van der Waals surface area contributed by atoms with E-state index in [2.05, 4.69) is 10.3 Å². The van der Waals surface area contributed by atoms with Crippen LogP contribution in [-0.2, 0) is 18.4 Å². The first kappa shape index (κ1) is 15.0. The second-order valence-electron chi connectivity index (χ2n) is 4.55. The number of imidazole rings is 1. The van der Waals surface area contributed by atoms with Gasteiger partial charge in [0.2, 0.25) is 0 Å². The molecule has 0 aliphatic rings. The van der Waals surface area contributed by atoms with Crippen LogP contribution in [0.4, 0.5) is 4.79 Å². The standard InChI is InChI=1S/C11H18N4O4/c1-11(19,9(16)17)7-13-10(18)15(3)6-8-12-4-5-14(8)2/h4-5,19H,6-7H2,1-3H3,(H,13,18)(H,16,17). The molecular weight excluding hydrogens is 252 g/mol. The Balaban J connectivity index is 2.50. The molecule has 0 bridgehead atoms. The van der Waals surface area contributed by atoms with E-state index in [1.54, 1.807) is 24.0 Å². The van der Waals surface area contributed by atoms with Gasteiger partial charge >= 0.3 is 12.0 Å². The lowest BCUT2D eigenvalue weighted by atomic mass is 10.1. The SMILES string of the molecule is CN(Cc1nccn1C)C(=O)NCC(C)(O)C(=O)O. The fraction of sp³-hybridized carbons (Fsp3) is 0.545. The second kappa shape index (κ2) is 5.70. The quantitative estimate of drug-likeness (QED) is 0.662. The molecule has 1 atom stereocenters. The summed E-state index contributed by atoms with van der Waals surface area (Å²) >= 11 is 0. The molecule has 0 radical (unpaired) electrons. The van der Waals surface area contributed by atoms with Crippen molar-refractivity contribution in [3.8, 4) is 0 Å². The number of carbonyl (C=O) groups is 2. The summed E-state index contributed by atoms with van der Waals surface area (Å²) < 4.78 is 1.77. The van der Waals surface area contributed by atoms with Crippen LogP contribution in [0.1, 0.15) is 12.7 Å². The summed E-state index contributed by atoms with van der Waals surface area (Å²) in [6.07, 6.45) is 3.38. The van der Waals surface area contributed by atoms with Crippen LogP contribution in [0.2, 0.25) is 0 Å². The normalized spacial score (nSPS) is 13.7. The number of aliphatic hydroxyl groups is 1. The van der Waals surface area contributed by atoms with Gasteiger partial charge in [0.25, 0.3) is 0 Å². The predicted octanol–water partition coefficient (Wildman–Crippen LogP) is -0.603. The molecule has 0 saturated heterocycles. The second-order valence-corrected chi connectivity index (χ2v) is 4.55. The third-order valence-corrected chi connectivity index (χ3v) is 2.69. The van der Waals surface area contributed by atoms with Crippen molar-refractivity contribution in [2.45, 2.75) is 19.1 Å². The topological polar surface area (TPSA) is 108 Å². The van der Waals surface area contributed by atoms with E-state index in [0.29, 0.717) is 5.82 Å². The molecule has 0 fully saturated rings. The minimum Gasteiger partial charge on any atom is -0.479 e. The molecule has 2 amide bonds. The fourth-order valence-electron chi connectivity index (χ4n) is 1.29. The highest BCUT2D eigenvalue weighted by atomic mass is 16.4. The lowest BCUT2D eigenvalue weighted by Gasteiger charge is -2.22. The number of carboxylic acid groups (broad SMARTS) is 1. The maximum atomic E-state index is 11.7. The molecule has 1 rings (SSSR count). The van der Waals surface area contributed by atoms with Gasteiger partial charge in [-0.2, -0.15) is 0 Å². The van der Waals surface area contributed by atoms with Gasteiger partial charge in [-0.05, 0) is 6.92 Å². The molecule has 3 N–H and O–H groups in total. The minimum absolute atomic E-state index is 0.282. The Morgan fingerprint density at radius 2 is 2.21 bits per heavy atom. The summed E-state index contributed by atoms with van der Waals surface area (Å²) in [6.45, 7) is 1.03. The maximum Gasteiger partial charge on any atom is 0.337 e. The number of carboxylic acids is 1. The molecule has 8 nitrogen and oxygen atoms in total. The number of hydrogen-bond acceptors (Lipinski definition) is 4. The third-order valence-electron chi connectivity index (χ3n) is 2.69. The minimum atomic E-state index is -1.99. The molecule has 0 spiro atoms. The van der Waals surface area contributed by atoms with Crippen LogP contribution >= 0.6 is 0 Å². The Kier molecular flexibility index (Phi) is 4.49. The van der Waals surface area contributed by atoms with Crippen LogP contribution in [0.15, 0.2) is 12.4 Å². The van der Waals surface area contributed by atoms with Gasteiger partial charge in [-0.3, -0.25) is 0 Å². The van der Waals surface area contributed by atoms with Crippen molar-refractivity contribution in [2.24, 2.45) is 7.05 Å². The fourth-order valence-corrected chi connectivity index (χ4v) is 1.29. The van der Waals surface area contributed by atoms with Gasteiger partial charge in [0, 0.05) is 26.5 Å². The van der Waals surface area contributed by atoms with Crippen molar-refractivity contribution < 1.29 is 19.8 Å². The molecule has 0 aliphatic carbocycles. The Morgan fingerprint density at radius 1 is 1.58 bits per heavy atom. The lowest BCUT2D eigenvalue weighted by Crippen LogP contribution is -2.49. The van der Waals surface area contributed by atoms with E-state index in [1.807, 2.05) is 7.05 Å². The van der Waals surface area contributed by atoms with Crippen LogP contribution in [0.5, 0.6) is 0 Å². The van der Waals surface area contributed by atoms with Gasteiger partial charge < -0.3 is 25.0 Å². The Morgan fingerprint density at radius 3 is 2.68 bits per heavy atom. The summed E-state index contributed by atoms with van der Waals surface area (Å²) in [5, 5.41) is 20.5. The van der Waals surface area contributed by atoms with E-state index >= 15 is 0 Å². The summed E-state index contributed by atoms with van der Waals surface area (Å²) in [5.41, 5.74) is -1.99. The van der Waals surface area contributed by atoms with E-state index in [9.17, 15) is 14.7 Å². The maximum absolute atomic E-state index is 11.7. The van der Waals surface area contributed by atoms with E-state index in [4.69, 9.17) is 5.11 Å². The van der Waals surface area contributed by atoms with Gasteiger partial charge in [-0.25, -0.2) is 14.6 Å². The van der Waals surface area contributed by atoms with Crippen LogP contribution in [0, 0.1) is 0 Å². The molecule has 19 heavy (non-hydrogen) atoms. The average Bonchev–Trinajstić information content (AvgIpc) is 2.71. The smallest absolute Gasteiger partial charge is 0.337 e. The Hall–Kier alpha value is -2.09. The zero-order chi connectivity index (χ0) is 14.6. The predicted molar refractivity (Wildman–Crippen MR) is 66.3 cm³/mol. The molecular formula is C11H18N4O4. The van der Waals surface area contributed by atoms with Gasteiger partial charge in [0.05, 0.1) is 13.1 Å². The highest BCUT2D eigenvalue weighted by Crippen LogP contribution is 2.03. The summed E-state index contributed by atoms with van der Waals surface area (Å²) in [4.78, 5) is 27.8. The number of hydrogen-bond donors (Lipinski definition) is 3. The number of aryl methyl sites for hydroxylation is 1. The van der Waals surface area contributed by atoms with Crippen molar-refractivity contribution in [3.63, 3.8) is 0 Å². The molecule has 0 saturated carbocycles. The molecule has 1 aromatic heterocycles. The van der Waals surface area contributed by atoms with Crippen molar-refractivity contribution in [1.29, 1.82) is 0 Å². The van der Waals surface area contributed by atoms with E-state index in [-0.39, 0.29) is 13.1 Å². The van der Waals surface area contributed by atoms with Crippen molar-refractivity contribution in [3.05, 3.63) is 18.2 Å². The van der Waals surface area contributed by atoms with Crippen LogP contribution in [-0.4, -0.2) is 55.9 Å². The van der Waals surface area contributed by atoms with E-state index in [1.165, 1.54) is 4.90 Å². The monoisotopic (exact) mass is 270 g/mol. The highest BCUT2D eigenvalue weighted by Gasteiger charge is 2.30. The lowest BCUT2D eigenvalue weighted by molar-refractivity contribution is -0.155. The van der Waals surface area contributed by atoms with E-state index < -0.39 is 17.6 Å². The van der Waals surface area contributed by atoms with Crippen LogP contribution < -0.4 is 5.32 Å². The highest BCUT2D eigenvalue weighted by molar-refractivity contribution is 5.79. The van der Waals surface area contributed by atoms with Gasteiger partial charge in [0.1, 0.15) is 5.82 Å². The summed E-state index contributed by atoms with van der Waals surface area (Å²) in [6, 6.07) is -0.482. The van der Waals surface area contributed by atoms with Crippen molar-refractivity contribution >= 4 is 12.0 Å². The van der Waals surface area contributed by atoms with Crippen molar-refractivity contribution in [2.75, 3.05) is 13.6 Å². The number of rotatable bonds is 5. The summed E-state index contributed by atoms with van der Waals surface area (Å²) in [5.74, 6) is -0.692. The van der Waals surface area contributed by atoms with Gasteiger partial charge in [-0.1, -0.05) is 0 Å². The molecule has 1 aromatic rings. The molecule has 8 heteroatoms. The first-order valence-corrected chi connectivity index (χ1v) is 5.65. The number of nitrogens with zero attached hydrogens (tertiary/aromatic N) is 3. The number of aliphatic carboxylic acids is 1. The number of urea groups is 1. The Bertz CT molecular complexity index is 469. The molecule has 106 valence electrons. The Labute approximate surface area is 110 Å². The molecule has 1 unspecified atom stereocenters. The average molecular weight is 270 g/mol. The summed E-state index contributed by atoms with van der Waals surface area (Å²) in [7, 11) is 3.36. The zero-order valence-electron chi connectivity index (χ0n) is 11.1. The number of amides is 2. The number of nitrogens with one attached hydrogen (secondary N) is 1. The van der Waals surface area contributed by atoms with E-state index in [0.717, 1.165) is 6.92 Å². The van der Waals surface area contributed by atoms with Gasteiger partial charge in [-0.15, -0.1) is 0 Å². The third kappa shape index (κ3) is 3.95. The zero-order valence-corrected chi connectivity index (χ0v) is 11.1. The molecule has 1 heterocycles. The number of aromatic nitrogens is 2.